The van der Waals surface area contributed by atoms with Crippen molar-refractivity contribution in [2.75, 3.05) is 75.6 Å². The summed E-state index contributed by atoms with van der Waals surface area (Å²) in [5.41, 5.74) is 9.77. The maximum absolute atomic E-state index is 12.6. The number of carbonyl (C=O) groups is 8. The molecule has 14 unspecified atom stereocenters. The molecule has 62 heteroatoms. The van der Waals surface area contributed by atoms with Gasteiger partial charge in [0.15, 0.2) is 34.4 Å². The van der Waals surface area contributed by atoms with Gasteiger partial charge < -0.3 is 159 Å². The lowest BCUT2D eigenvalue weighted by molar-refractivity contribution is -0.349. The van der Waals surface area contributed by atoms with Crippen molar-refractivity contribution in [3.8, 4) is 0 Å². The van der Waals surface area contributed by atoms with Crippen LogP contribution in [-0.4, -0.2) is 241 Å². The first-order valence-corrected chi connectivity index (χ1v) is 45.5. The molecule has 17 N–H and O–H groups in total. The average Bonchev–Trinajstić information content (AvgIpc) is 1.59. The molecule has 0 bridgehead atoms. The Morgan fingerprint density at radius 2 is 1.02 bits per heavy atom. The van der Waals surface area contributed by atoms with E-state index in [1.165, 1.54) is 52.8 Å². The Kier molecular flexibility index (Phi) is 36.4. The summed E-state index contributed by atoms with van der Waals surface area (Å²) in [6.45, 7) is 1.98. The molecule has 674 valence electrons. The zero-order valence-electron chi connectivity index (χ0n) is 63.7. The monoisotopic (exact) mass is 1860 g/mol. The molecule has 7 rings (SSSR count). The number of nitrogens with zero attached hydrogens (tertiary/aromatic N) is 8. The molecule has 120 heavy (non-hydrogen) atoms. The number of amides is 4. The summed E-state index contributed by atoms with van der Waals surface area (Å²) in [6, 6.07) is -1.80. The summed E-state index contributed by atoms with van der Waals surface area (Å²) in [5.74, 6) is -5.13. The van der Waals surface area contributed by atoms with Crippen LogP contribution in [0.5, 0.6) is 0 Å². The van der Waals surface area contributed by atoms with E-state index in [4.69, 9.17) is 36.9 Å². The molecule has 0 saturated carbocycles. The van der Waals surface area contributed by atoms with Crippen LogP contribution in [0.15, 0.2) is 49.2 Å². The number of fused-ring (bicyclic) bond motifs is 2. The van der Waals surface area contributed by atoms with Crippen LogP contribution in [0.3, 0.4) is 0 Å². The predicted molar refractivity (Wildman–Crippen MR) is 392 cm³/mol. The number of nitrogen functional groups attached to an aromatic ring is 2. The number of phosphoric acid groups is 6. The highest BCUT2D eigenvalue weighted by atomic mass is 32.2. The molecule has 3 fully saturated rings. The van der Waals surface area contributed by atoms with E-state index in [0.717, 1.165) is 64.9 Å². The Balaban J connectivity index is 0.000000372. The molecule has 4 aromatic rings. The summed E-state index contributed by atoms with van der Waals surface area (Å²) in [4.78, 5) is 215. The highest BCUT2D eigenvalue weighted by Crippen LogP contribution is 2.58. The fourth-order valence-electron chi connectivity index (χ4n) is 10.9. The Labute approximate surface area is 687 Å². The summed E-state index contributed by atoms with van der Waals surface area (Å²) in [7, 11) is -35.4. The van der Waals surface area contributed by atoms with Crippen molar-refractivity contribution < 1.29 is 181 Å². The quantitative estimate of drug-likeness (QED) is 0.0111. The summed E-state index contributed by atoms with van der Waals surface area (Å²) < 4.78 is 122. The molecule has 16 atom stereocenters. The highest BCUT2D eigenvalue weighted by molar-refractivity contribution is 8.14. The van der Waals surface area contributed by atoms with Gasteiger partial charge in [0.25, 0.3) is 31.3 Å². The Morgan fingerprint density at radius 3 is 1.41 bits per heavy atom. The van der Waals surface area contributed by atoms with Gasteiger partial charge in [-0.1, -0.05) is 57.3 Å². The molecular formula is C58H84N16O38P6S2-8. The van der Waals surface area contributed by atoms with E-state index < -0.39 is 192 Å². The van der Waals surface area contributed by atoms with Gasteiger partial charge in [-0.2, -0.15) is 0 Å². The molecule has 54 nitrogen and oxygen atoms in total. The number of aliphatic carboxylic acids is 2. The lowest BCUT2D eigenvalue weighted by Crippen LogP contribution is -2.46. The minimum atomic E-state index is -5.96. The van der Waals surface area contributed by atoms with E-state index in [9.17, 15) is 125 Å². The second kappa shape index (κ2) is 42.8. The predicted octanol–water partition coefficient (Wildman–Crippen LogP) is -7.91. The molecule has 3 aliphatic rings. The number of nitrogens with two attached hydrogens (primary N) is 3. The van der Waals surface area contributed by atoms with Gasteiger partial charge in [0, 0.05) is 73.1 Å². The molecule has 0 radical (unpaired) electrons. The van der Waals surface area contributed by atoms with Gasteiger partial charge in [-0.05, 0) is 45.6 Å². The Bertz CT molecular complexity index is 4710. The number of aliphatic hydroxyl groups is 4. The Morgan fingerprint density at radius 1 is 0.625 bits per heavy atom. The van der Waals surface area contributed by atoms with Crippen LogP contribution in [0.25, 0.3) is 22.3 Å². The SMILES string of the molecule is CC(C)(COP(=O)([O-])OP(=O)([O-])OCC1OC(C)(n2cnc3c(N)ncnc32)C(O)C1OP(=O)([O-])[O-])C(O)C(=O)NCCC(=O)NCCSC(=O)/C=C/CC[C@H](N)C(=O)O.CC(C)(COP(=O)([O-])OP(=O)([O-])OCC1OC(C)(n2cnc3c(N)ncnc32)C(O)C1OP(=O)([O-])[O-])C(O)C(=O)NCCC(=O)NCCSC(=O)/C=C1/CC[C@@H](C(=O)O)N1. The maximum atomic E-state index is 12.6. The zero-order valence-corrected chi connectivity index (χ0v) is 70.7. The van der Waals surface area contributed by atoms with E-state index in [2.05, 4.69) is 92.3 Å². The lowest BCUT2D eigenvalue weighted by atomic mass is 9.87. The normalized spacial score (nSPS) is 24.1. The third-order valence-corrected chi connectivity index (χ3v) is 24.9. The number of nitrogens with one attached hydrogen (secondary N) is 5. The van der Waals surface area contributed by atoms with Crippen molar-refractivity contribution in [3.63, 3.8) is 0 Å². The van der Waals surface area contributed by atoms with Crippen LogP contribution in [0.2, 0.25) is 0 Å². The number of phosphoric ester groups is 6. The molecule has 4 amide bonds. The first kappa shape index (κ1) is 102. The van der Waals surface area contributed by atoms with Gasteiger partial charge in [-0.3, -0.25) is 61.0 Å². The van der Waals surface area contributed by atoms with Crippen LogP contribution in [0, 0.1) is 10.8 Å². The highest BCUT2D eigenvalue weighted by Gasteiger charge is 2.57. The number of aromatic nitrogens is 8. The summed E-state index contributed by atoms with van der Waals surface area (Å²) in [6.07, 6.45) is -7.25. The fraction of sp³-hybridized carbons (Fsp3) is 0.621. The van der Waals surface area contributed by atoms with Crippen molar-refractivity contribution in [3.05, 3.63) is 49.2 Å². The Hall–Kier alpha value is -6.70. The number of imidazole rings is 2. The van der Waals surface area contributed by atoms with Gasteiger partial charge in [-0.25, -0.2) is 43.3 Å². The van der Waals surface area contributed by atoms with Gasteiger partial charge in [-0.15, -0.1) is 0 Å². The van der Waals surface area contributed by atoms with Crippen LogP contribution >= 0.6 is 70.5 Å². The number of ether oxygens (including phenoxy) is 2. The topological polar surface area (TPSA) is 863 Å². The first-order valence-electron chi connectivity index (χ1n) is 34.8. The molecular weight excluding hydrogens is 1780 g/mol. The van der Waals surface area contributed by atoms with E-state index in [1.54, 1.807) is 0 Å². The summed E-state index contributed by atoms with van der Waals surface area (Å²) in [5, 5.41) is 72.6. The van der Waals surface area contributed by atoms with Gasteiger partial charge in [0.05, 0.1) is 54.7 Å². The largest absolute Gasteiger partial charge is 0.790 e. The maximum Gasteiger partial charge on any atom is 0.326 e. The molecule has 0 aliphatic carbocycles. The van der Waals surface area contributed by atoms with Crippen LogP contribution in [0.4, 0.5) is 11.6 Å². The van der Waals surface area contributed by atoms with E-state index in [-0.39, 0.29) is 108 Å². The van der Waals surface area contributed by atoms with Gasteiger partial charge in [0.1, 0.15) is 84.6 Å². The number of rotatable bonds is 45. The third-order valence-electron chi connectivity index (χ3n) is 17.3. The third kappa shape index (κ3) is 30.3. The van der Waals surface area contributed by atoms with Crippen LogP contribution in [-0.2, 0) is 122 Å². The molecule has 7 heterocycles. The number of hydrogen-bond donors (Lipinski definition) is 14. The van der Waals surface area contributed by atoms with Crippen molar-refractivity contribution >= 4 is 150 Å². The van der Waals surface area contributed by atoms with Gasteiger partial charge >= 0.3 is 11.9 Å². The van der Waals surface area contributed by atoms with Crippen LogP contribution in [0.1, 0.15) is 80.1 Å². The smallest absolute Gasteiger partial charge is 0.326 e. The molecule has 4 aromatic heterocycles. The van der Waals surface area contributed by atoms with Crippen molar-refractivity contribution in [2.45, 2.75) is 152 Å². The minimum Gasteiger partial charge on any atom is -0.790 e. The lowest BCUT2D eigenvalue weighted by Gasteiger charge is -2.36. The van der Waals surface area contributed by atoms with E-state index >= 15 is 0 Å². The molecule has 0 aromatic carbocycles. The second-order valence-electron chi connectivity index (χ2n) is 27.6. The fourth-order valence-corrected chi connectivity index (χ4v) is 17.6. The van der Waals surface area contributed by atoms with Crippen molar-refractivity contribution in [1.82, 2.24) is 65.6 Å². The number of hydrogen-bond acceptors (Lipinski definition) is 48. The van der Waals surface area contributed by atoms with Crippen molar-refractivity contribution in [2.24, 2.45) is 16.6 Å². The van der Waals surface area contributed by atoms with Gasteiger partial charge in [0.2, 0.25) is 33.9 Å². The van der Waals surface area contributed by atoms with E-state index in [1.807, 2.05) is 0 Å². The number of aliphatic hydroxyl groups excluding tert-OH is 4. The van der Waals surface area contributed by atoms with Crippen LogP contribution < -0.4 is 82.9 Å². The molecule has 0 spiro atoms. The number of allylic oxidation sites excluding steroid dienone is 2. The number of carbonyl (C=O) groups excluding carboxylic acids is 6. The average molecular weight is 1860 g/mol. The standard InChI is InChI=1S/C29H45N8O19P3S.C29H47N8O19P3S/c1-28(2,23(41)26(42)32-7-6-18(38)31-8-9-60-19(39)10-15-4-5-16(36-15)27(43)44)12-53-59(50,51)56-58(48,49)52-11-17-21(55-57(45,46)47)22(40)29(3,54-17)37-14-35-20-24(30)33-13-34-25(20)37;1-28(2,23(41)26(42)33-9-8-18(38)32-10-11-60-19(39)7-5-4-6-16(30)27(43)44)13-53-59(50,51)56-58(48,49)52-12-17-21(55-57(45,46)47)22(40)29(3,54-17)37-15-36-20-24(31)34-14-35-25(20)37/h10,13-14,16-17,21-23,36,40-41H,4-9,11-12H2,1-3H3,(H,31,38)(H,32,42)(H,43,44)(H,48,49)(H,50,51)(H2,30,33,34)(H2,45,46,47);5,7,14-17,21-23,40-41H,4,6,8-13,30H2,1-3H3,(H,32,38)(H,33,42)(H,43,44)(H,48,49)(H,50,51)(H2,31,34,35)(H2,45,46,47)/p-8/b15-10-;7-5+/t2*16-,17?,21?,22?,23?,29?/m00/s1. The number of carboxylic acid groups (broad SMARTS) is 2. The summed E-state index contributed by atoms with van der Waals surface area (Å²) >= 11 is 1.78. The zero-order chi connectivity index (χ0) is 90.1. The first-order chi connectivity index (χ1) is 55.4. The number of anilines is 2. The minimum absolute atomic E-state index is 0.0237. The molecule has 3 aliphatic heterocycles. The number of carboxylic acids is 2. The second-order valence-corrected chi connectivity index (χ2v) is 37.9. The van der Waals surface area contributed by atoms with Crippen molar-refractivity contribution in [1.29, 1.82) is 0 Å². The molecule has 3 saturated heterocycles. The van der Waals surface area contributed by atoms with E-state index in [0.29, 0.717) is 18.5 Å². The number of thioether (sulfide) groups is 2.